The number of aryl methyl sites for hydroxylation is 1. The van der Waals surface area contributed by atoms with E-state index in [1.165, 1.54) is 45.2 Å². The predicted molar refractivity (Wildman–Crippen MR) is 176 cm³/mol. The number of hydrogen-bond acceptors (Lipinski definition) is 6. The lowest BCUT2D eigenvalue weighted by atomic mass is 9.84. The number of carboxylic acids is 1. The van der Waals surface area contributed by atoms with Gasteiger partial charge in [0.25, 0.3) is 0 Å². The van der Waals surface area contributed by atoms with Gasteiger partial charge in [0.15, 0.2) is 5.82 Å². The number of aromatic carboxylic acids is 1. The second-order valence-corrected chi connectivity index (χ2v) is 12.6. The molecule has 4 heterocycles. The molecule has 3 aromatic rings. The van der Waals surface area contributed by atoms with Crippen LogP contribution in [0.1, 0.15) is 83.5 Å². The molecule has 1 aliphatic carbocycles. The molecule has 238 valence electrons. The van der Waals surface area contributed by atoms with Crippen molar-refractivity contribution in [2.45, 2.75) is 78.2 Å². The fourth-order valence-corrected chi connectivity index (χ4v) is 7.21. The number of rotatable bonds is 10. The molecular weight excluding hydrogens is 564 g/mol. The van der Waals surface area contributed by atoms with E-state index in [1.807, 2.05) is 19.1 Å². The zero-order valence-corrected chi connectivity index (χ0v) is 27.0. The number of nitrogens with zero attached hydrogens (tertiary/aromatic N) is 4. The Labute approximate surface area is 266 Å². The van der Waals surface area contributed by atoms with Crippen LogP contribution in [0, 0.1) is 6.92 Å². The minimum atomic E-state index is -0.953. The number of hydrogen-bond donors (Lipinski definition) is 1. The number of benzene rings is 1. The van der Waals surface area contributed by atoms with Crippen LogP contribution in [0.4, 0.5) is 0 Å². The van der Waals surface area contributed by atoms with Crippen molar-refractivity contribution in [1.82, 2.24) is 19.7 Å². The van der Waals surface area contributed by atoms with Crippen LogP contribution in [-0.2, 0) is 35.2 Å². The van der Waals surface area contributed by atoms with Crippen molar-refractivity contribution in [3.8, 4) is 5.82 Å². The van der Waals surface area contributed by atoms with Gasteiger partial charge < -0.3 is 19.5 Å². The molecule has 2 aliphatic heterocycles. The van der Waals surface area contributed by atoms with Gasteiger partial charge in [0.05, 0.1) is 43.5 Å². The zero-order valence-electron chi connectivity index (χ0n) is 27.0. The van der Waals surface area contributed by atoms with E-state index in [4.69, 9.17) is 14.5 Å². The Balaban J connectivity index is 1.18. The molecule has 0 spiro atoms. The van der Waals surface area contributed by atoms with Crippen molar-refractivity contribution < 1.29 is 19.4 Å². The average molecular weight is 611 g/mol. The van der Waals surface area contributed by atoms with E-state index in [-0.39, 0.29) is 11.7 Å². The van der Waals surface area contributed by atoms with Crippen molar-refractivity contribution in [1.29, 1.82) is 0 Å². The number of allylic oxidation sites excluding steroid dienone is 4. The van der Waals surface area contributed by atoms with Gasteiger partial charge in [-0.05, 0) is 104 Å². The van der Waals surface area contributed by atoms with E-state index >= 15 is 0 Å². The van der Waals surface area contributed by atoms with Crippen molar-refractivity contribution >= 4 is 11.5 Å². The molecule has 8 heteroatoms. The van der Waals surface area contributed by atoms with Crippen molar-refractivity contribution in [3.05, 3.63) is 93.0 Å². The molecule has 0 unspecified atom stereocenters. The van der Waals surface area contributed by atoms with E-state index < -0.39 is 5.97 Å². The molecule has 1 saturated heterocycles. The van der Waals surface area contributed by atoms with Crippen molar-refractivity contribution in [2.75, 3.05) is 39.5 Å². The molecule has 1 N–H and O–H groups in total. The first-order valence-corrected chi connectivity index (χ1v) is 16.6. The van der Waals surface area contributed by atoms with Crippen molar-refractivity contribution in [3.63, 3.8) is 0 Å². The Morgan fingerprint density at radius 1 is 1.04 bits per heavy atom. The van der Waals surface area contributed by atoms with Crippen LogP contribution in [0.15, 0.2) is 53.8 Å². The van der Waals surface area contributed by atoms with Gasteiger partial charge in [-0.2, -0.15) is 5.10 Å². The zero-order chi connectivity index (χ0) is 31.3. The lowest BCUT2D eigenvalue weighted by molar-refractivity contribution is -0.0972. The maximum absolute atomic E-state index is 11.8. The van der Waals surface area contributed by atoms with E-state index in [1.54, 1.807) is 4.68 Å². The van der Waals surface area contributed by atoms with E-state index in [2.05, 4.69) is 48.1 Å². The number of pyridine rings is 1. The van der Waals surface area contributed by atoms with Gasteiger partial charge in [-0.25, -0.2) is 14.5 Å². The second kappa shape index (κ2) is 14.2. The number of carbonyl (C=O) groups is 1. The maximum atomic E-state index is 11.8. The first kappa shape index (κ1) is 31.4. The molecule has 3 aliphatic rings. The first-order valence-electron chi connectivity index (χ1n) is 16.6. The highest BCUT2D eigenvalue weighted by Gasteiger charge is 2.23. The van der Waals surface area contributed by atoms with Gasteiger partial charge in [-0.3, -0.25) is 0 Å². The minimum Gasteiger partial charge on any atom is -0.478 e. The molecular formula is C37H46N4O4. The Hall–Kier alpha value is -3.59. The fourth-order valence-electron chi connectivity index (χ4n) is 7.21. The molecule has 1 aromatic carbocycles. The van der Waals surface area contributed by atoms with E-state index in [0.717, 1.165) is 70.3 Å². The minimum absolute atomic E-state index is 0.182. The second-order valence-electron chi connectivity index (χ2n) is 12.6. The Bertz CT molecular complexity index is 1600. The third kappa shape index (κ3) is 6.98. The third-order valence-corrected chi connectivity index (χ3v) is 9.70. The van der Waals surface area contributed by atoms with Gasteiger partial charge in [0.1, 0.15) is 5.56 Å². The highest BCUT2D eigenvalue weighted by atomic mass is 16.6. The molecule has 0 radical (unpaired) electrons. The van der Waals surface area contributed by atoms with Crippen LogP contribution in [-0.4, -0.2) is 76.3 Å². The number of aromatic nitrogens is 3. The lowest BCUT2D eigenvalue weighted by Crippen LogP contribution is -2.41. The summed E-state index contributed by atoms with van der Waals surface area (Å²) in [6, 6.07) is 10.7. The summed E-state index contributed by atoms with van der Waals surface area (Å²) in [5.41, 5.74) is 11.7. The molecule has 1 fully saturated rings. The summed E-state index contributed by atoms with van der Waals surface area (Å²) in [6.07, 6.45) is 11.6. The van der Waals surface area contributed by atoms with Gasteiger partial charge in [-0.15, -0.1) is 0 Å². The van der Waals surface area contributed by atoms with Crippen LogP contribution >= 0.6 is 0 Å². The van der Waals surface area contributed by atoms with Crippen LogP contribution in [0.5, 0.6) is 0 Å². The van der Waals surface area contributed by atoms with E-state index in [9.17, 15) is 9.90 Å². The number of carboxylic acid groups (broad SMARTS) is 1. The van der Waals surface area contributed by atoms with Crippen LogP contribution in [0.3, 0.4) is 0 Å². The third-order valence-electron chi connectivity index (χ3n) is 9.70. The normalized spacial score (nSPS) is 19.3. The topological polar surface area (TPSA) is 89.7 Å². The monoisotopic (exact) mass is 610 g/mol. The molecule has 45 heavy (non-hydrogen) atoms. The average Bonchev–Trinajstić information content (AvgIpc) is 3.36. The SMILES string of the molecule is CCCc1c(C(=O)O)cnn1-c1cccc(C2=CCCC(C)=C2CCc2ccc3c(c2C)CCN(C[C@@H]2COCCO2)CC3)n1. The quantitative estimate of drug-likeness (QED) is 0.294. The summed E-state index contributed by atoms with van der Waals surface area (Å²) in [7, 11) is 0. The van der Waals surface area contributed by atoms with Gasteiger partial charge >= 0.3 is 5.97 Å². The summed E-state index contributed by atoms with van der Waals surface area (Å²) in [6.45, 7) is 11.8. The molecule has 0 bridgehead atoms. The number of ether oxygens (including phenoxy) is 2. The Morgan fingerprint density at radius 2 is 1.91 bits per heavy atom. The fraction of sp³-hybridized carbons (Fsp3) is 0.486. The Morgan fingerprint density at radius 3 is 2.71 bits per heavy atom. The largest absolute Gasteiger partial charge is 0.478 e. The van der Waals surface area contributed by atoms with Crippen LogP contribution in [0.25, 0.3) is 11.4 Å². The van der Waals surface area contributed by atoms with Gasteiger partial charge in [0, 0.05) is 19.6 Å². The van der Waals surface area contributed by atoms with Crippen molar-refractivity contribution in [2.24, 2.45) is 0 Å². The predicted octanol–water partition coefficient (Wildman–Crippen LogP) is 6.17. The summed E-state index contributed by atoms with van der Waals surface area (Å²) >= 11 is 0. The summed E-state index contributed by atoms with van der Waals surface area (Å²) in [5.74, 6) is -0.295. The summed E-state index contributed by atoms with van der Waals surface area (Å²) in [5, 5.41) is 14.1. The summed E-state index contributed by atoms with van der Waals surface area (Å²) < 4.78 is 13.3. The molecule has 1 atom stereocenters. The first-order chi connectivity index (χ1) is 21.9. The highest BCUT2D eigenvalue weighted by molar-refractivity contribution is 5.88. The number of fused-ring (bicyclic) bond motifs is 1. The molecule has 6 rings (SSSR count). The highest BCUT2D eigenvalue weighted by Crippen LogP contribution is 2.36. The Kier molecular flexibility index (Phi) is 9.93. The molecule has 0 amide bonds. The van der Waals surface area contributed by atoms with Gasteiger partial charge in [-0.1, -0.05) is 43.2 Å². The van der Waals surface area contributed by atoms with E-state index in [0.29, 0.717) is 37.8 Å². The standard InChI is InChI=1S/C37H46N4O4/c1-4-7-35-33(37(42)43)22-38-41(35)36-11-6-10-34(39-36)32-9-5-8-25(2)30(32)15-14-27-12-13-28-16-18-40(19-17-31(28)26(27)3)23-29-24-44-20-21-45-29/h6,9-13,22,29H,4-5,7-8,14-21,23-24H2,1-3H3,(H,42,43)/t29-/m1/s1. The van der Waals surface area contributed by atoms with Gasteiger partial charge in [0.2, 0.25) is 0 Å². The van der Waals surface area contributed by atoms with Crippen LogP contribution in [0.2, 0.25) is 0 Å². The summed E-state index contributed by atoms with van der Waals surface area (Å²) in [4.78, 5) is 19.4. The molecule has 2 aromatic heterocycles. The smallest absolute Gasteiger partial charge is 0.339 e. The molecule has 0 saturated carbocycles. The maximum Gasteiger partial charge on any atom is 0.339 e. The van der Waals surface area contributed by atoms with Crippen LogP contribution < -0.4 is 0 Å². The lowest BCUT2D eigenvalue weighted by Gasteiger charge is -2.29. The molecule has 8 nitrogen and oxygen atoms in total.